The summed E-state index contributed by atoms with van der Waals surface area (Å²) >= 11 is -4.18. The van der Waals surface area contributed by atoms with Crippen LogP contribution in [0, 0.1) is 0 Å². The van der Waals surface area contributed by atoms with Crippen molar-refractivity contribution in [3.63, 3.8) is 0 Å². The fourth-order valence-electron chi connectivity index (χ4n) is 0. The largest absolute Gasteiger partial charge is 0.501 e. The lowest BCUT2D eigenvalue weighted by molar-refractivity contribution is -0.0420. The summed E-state index contributed by atoms with van der Waals surface area (Å²) in [7, 11) is 0. The van der Waals surface area contributed by atoms with Crippen LogP contribution in [0.5, 0.6) is 0 Å². The molecule has 1 atom stereocenters. The van der Waals surface area contributed by atoms with Gasteiger partial charge in [0.05, 0.1) is 0 Å². The molecular weight excluding hydrogens is 136 g/mol. The SMILES string of the molecule is O=S(F)C(F)(F)F. The van der Waals surface area contributed by atoms with Gasteiger partial charge in [0.2, 0.25) is 0 Å². The third-order valence-electron chi connectivity index (χ3n) is 0.182. The van der Waals surface area contributed by atoms with E-state index < -0.39 is 16.7 Å². The van der Waals surface area contributed by atoms with Gasteiger partial charge >= 0.3 is 16.7 Å². The van der Waals surface area contributed by atoms with E-state index in [1.54, 1.807) is 0 Å². The molecule has 1 unspecified atom stereocenters. The van der Waals surface area contributed by atoms with Crippen LogP contribution in [-0.4, -0.2) is 9.72 Å². The van der Waals surface area contributed by atoms with Gasteiger partial charge in [0.15, 0.2) is 0 Å². The van der Waals surface area contributed by atoms with Gasteiger partial charge in [-0.05, 0) is 0 Å². The Hall–Kier alpha value is -0.130. The van der Waals surface area contributed by atoms with E-state index >= 15 is 0 Å². The minimum atomic E-state index is -5.19. The van der Waals surface area contributed by atoms with Gasteiger partial charge in [-0.2, -0.15) is 13.2 Å². The standard InChI is InChI=1S/CF4OS/c2-1(3,4)7(5)6. The first-order valence-corrected chi connectivity index (χ1v) is 2.14. The number of alkyl halides is 3. The molecule has 0 N–H and O–H groups in total. The molecule has 0 radical (unpaired) electrons. The Bertz CT molecular complexity index is 84.2. The Morgan fingerprint density at radius 2 is 1.43 bits per heavy atom. The lowest BCUT2D eigenvalue weighted by atomic mass is 11.6. The molecular formula is CF4OS. The highest BCUT2D eigenvalue weighted by Gasteiger charge is 2.37. The zero-order chi connectivity index (χ0) is 6.08. The second kappa shape index (κ2) is 1.77. The van der Waals surface area contributed by atoms with Crippen LogP contribution in [-0.2, 0) is 11.2 Å². The average molecular weight is 136 g/mol. The second-order valence-electron chi connectivity index (χ2n) is 0.669. The molecule has 0 fully saturated rings. The second-order valence-corrected chi connectivity index (χ2v) is 1.58. The third kappa shape index (κ3) is 2.55. The number of halogens is 4. The summed E-state index contributed by atoms with van der Waals surface area (Å²) in [4.78, 5) is 0. The van der Waals surface area contributed by atoms with E-state index in [2.05, 4.69) is 0 Å². The molecule has 0 saturated heterocycles. The normalized spacial score (nSPS) is 16.6. The van der Waals surface area contributed by atoms with Crippen LogP contribution < -0.4 is 0 Å². The molecule has 0 aromatic rings. The van der Waals surface area contributed by atoms with E-state index in [-0.39, 0.29) is 0 Å². The first kappa shape index (κ1) is 6.87. The molecule has 0 saturated carbocycles. The maximum Gasteiger partial charge on any atom is 0.501 e. The van der Waals surface area contributed by atoms with Crippen molar-refractivity contribution in [2.75, 3.05) is 0 Å². The molecule has 0 bridgehead atoms. The monoisotopic (exact) mass is 136 g/mol. The molecule has 0 spiro atoms. The smallest absolute Gasteiger partial charge is 0.215 e. The van der Waals surface area contributed by atoms with Crippen molar-refractivity contribution in [1.29, 1.82) is 0 Å². The fraction of sp³-hybridized carbons (Fsp3) is 1.00. The van der Waals surface area contributed by atoms with Gasteiger partial charge in [0.25, 0.3) is 0 Å². The number of hydrogen-bond acceptors (Lipinski definition) is 1. The van der Waals surface area contributed by atoms with Crippen LogP contribution in [0.15, 0.2) is 0 Å². The van der Waals surface area contributed by atoms with E-state index in [4.69, 9.17) is 4.21 Å². The topological polar surface area (TPSA) is 17.1 Å². The molecule has 0 amide bonds. The highest BCUT2D eigenvalue weighted by molar-refractivity contribution is 7.80. The van der Waals surface area contributed by atoms with Crippen molar-refractivity contribution in [2.45, 2.75) is 5.51 Å². The first-order valence-electron chi connectivity index (χ1n) is 1.09. The Balaban J connectivity index is 3.79. The van der Waals surface area contributed by atoms with E-state index in [0.29, 0.717) is 0 Å². The maximum atomic E-state index is 10.6. The zero-order valence-electron chi connectivity index (χ0n) is 2.83. The van der Waals surface area contributed by atoms with Crippen LogP contribution in [0.4, 0.5) is 17.1 Å². The lowest BCUT2D eigenvalue weighted by Gasteiger charge is -1.92. The summed E-state index contributed by atoms with van der Waals surface area (Å²) in [6.07, 6.45) is 0. The van der Waals surface area contributed by atoms with Gasteiger partial charge in [-0.15, -0.1) is 3.89 Å². The molecule has 0 aliphatic rings. The van der Waals surface area contributed by atoms with E-state index in [0.717, 1.165) is 0 Å². The van der Waals surface area contributed by atoms with Crippen molar-refractivity contribution in [3.8, 4) is 0 Å². The van der Waals surface area contributed by atoms with Crippen molar-refractivity contribution in [1.82, 2.24) is 0 Å². The van der Waals surface area contributed by atoms with Crippen molar-refractivity contribution < 1.29 is 21.3 Å². The third-order valence-corrected chi connectivity index (χ3v) is 0.546. The zero-order valence-corrected chi connectivity index (χ0v) is 3.64. The van der Waals surface area contributed by atoms with E-state index in [1.807, 2.05) is 0 Å². The Morgan fingerprint density at radius 1 is 1.29 bits per heavy atom. The molecule has 0 aromatic carbocycles. The molecule has 7 heavy (non-hydrogen) atoms. The quantitative estimate of drug-likeness (QED) is 0.360. The van der Waals surface area contributed by atoms with Crippen molar-refractivity contribution in [2.24, 2.45) is 0 Å². The van der Waals surface area contributed by atoms with Gasteiger partial charge in [-0.3, -0.25) is 0 Å². The molecule has 0 aliphatic heterocycles. The molecule has 0 rings (SSSR count). The van der Waals surface area contributed by atoms with Crippen LogP contribution in [0.25, 0.3) is 0 Å². The summed E-state index contributed by atoms with van der Waals surface area (Å²) in [5, 5.41) is 0. The first-order chi connectivity index (χ1) is 2.94. The number of rotatable bonds is 0. The van der Waals surface area contributed by atoms with E-state index in [9.17, 15) is 17.1 Å². The molecule has 0 heterocycles. The maximum absolute atomic E-state index is 10.6. The Morgan fingerprint density at radius 3 is 1.43 bits per heavy atom. The van der Waals surface area contributed by atoms with Gasteiger partial charge in [0, 0.05) is 0 Å². The average Bonchev–Trinajstić information content (AvgIpc) is 1.31. The summed E-state index contributed by atoms with van der Waals surface area (Å²) in [5.74, 6) is 0. The summed E-state index contributed by atoms with van der Waals surface area (Å²) < 4.78 is 50.8. The fourth-order valence-corrected chi connectivity index (χ4v) is 0. The van der Waals surface area contributed by atoms with Crippen LogP contribution in [0.2, 0.25) is 0 Å². The Labute approximate surface area is 39.1 Å². The Kier molecular flexibility index (Phi) is 1.74. The highest BCUT2D eigenvalue weighted by atomic mass is 32.2. The summed E-state index contributed by atoms with van der Waals surface area (Å²) in [6.45, 7) is 0. The minimum absolute atomic E-state index is 4.18. The van der Waals surface area contributed by atoms with Gasteiger partial charge in [0.1, 0.15) is 0 Å². The summed E-state index contributed by atoms with van der Waals surface area (Å²) in [6, 6.07) is 0. The minimum Gasteiger partial charge on any atom is -0.215 e. The van der Waals surface area contributed by atoms with Gasteiger partial charge < -0.3 is 0 Å². The van der Waals surface area contributed by atoms with Gasteiger partial charge in [-0.25, -0.2) is 4.21 Å². The molecule has 0 aliphatic carbocycles. The van der Waals surface area contributed by atoms with Crippen molar-refractivity contribution in [3.05, 3.63) is 0 Å². The van der Waals surface area contributed by atoms with E-state index in [1.165, 1.54) is 0 Å². The highest BCUT2D eigenvalue weighted by Crippen LogP contribution is 2.19. The predicted molar refractivity (Wildman–Crippen MR) is 15.3 cm³/mol. The molecule has 1 nitrogen and oxygen atoms in total. The predicted octanol–water partition coefficient (Wildman–Crippen LogP) is 1.14. The lowest BCUT2D eigenvalue weighted by Crippen LogP contribution is -2.10. The number of hydrogen-bond donors (Lipinski definition) is 0. The molecule has 6 heteroatoms. The van der Waals surface area contributed by atoms with Crippen molar-refractivity contribution >= 4 is 11.2 Å². The summed E-state index contributed by atoms with van der Waals surface area (Å²) in [5.41, 5.74) is -5.19. The van der Waals surface area contributed by atoms with Crippen LogP contribution >= 0.6 is 0 Å². The van der Waals surface area contributed by atoms with Gasteiger partial charge in [-0.1, -0.05) is 0 Å². The van der Waals surface area contributed by atoms with Crippen LogP contribution in [0.1, 0.15) is 0 Å². The molecule has 44 valence electrons. The van der Waals surface area contributed by atoms with Crippen LogP contribution in [0.3, 0.4) is 0 Å². The molecule has 0 aromatic heterocycles.